The van der Waals surface area contributed by atoms with E-state index in [9.17, 15) is 5.11 Å². The molecular weight excluding hydrogens is 200 g/mol. The van der Waals surface area contributed by atoms with Crippen LogP contribution in [0, 0.1) is 6.92 Å². The lowest BCUT2D eigenvalue weighted by atomic mass is 10.2. The van der Waals surface area contributed by atoms with Gasteiger partial charge in [-0.1, -0.05) is 48.5 Å². The molecule has 0 saturated carbocycles. The third-order valence-corrected chi connectivity index (χ3v) is 2.42. The number of hydrogen-bond donors (Lipinski definition) is 1. The van der Waals surface area contributed by atoms with Crippen LogP contribution in [0.2, 0.25) is 0 Å². The van der Waals surface area contributed by atoms with E-state index in [4.69, 9.17) is 4.74 Å². The molecule has 2 nitrogen and oxygen atoms in total. The van der Waals surface area contributed by atoms with Crippen molar-refractivity contribution in [2.75, 3.05) is 0 Å². The zero-order valence-corrected chi connectivity index (χ0v) is 9.13. The van der Waals surface area contributed by atoms with Crippen molar-refractivity contribution >= 4 is 0 Å². The molecule has 0 aliphatic carbocycles. The summed E-state index contributed by atoms with van der Waals surface area (Å²) in [5.74, 6) is 0.707. The summed E-state index contributed by atoms with van der Waals surface area (Å²) < 4.78 is 5.49. The van der Waals surface area contributed by atoms with E-state index in [0.29, 0.717) is 5.75 Å². The average molecular weight is 214 g/mol. The molecule has 1 unspecified atom stereocenters. The summed E-state index contributed by atoms with van der Waals surface area (Å²) in [6.45, 7) is 1.95. The Bertz CT molecular complexity index is 451. The Morgan fingerprint density at radius 2 is 1.56 bits per heavy atom. The molecule has 0 amide bonds. The Labute approximate surface area is 95.1 Å². The standard InChI is InChI=1S/C14H14O2/c1-11-7-5-6-10-13(11)16-14(15)12-8-3-2-4-9-12/h2-10,14-15H,1H3. The predicted molar refractivity (Wildman–Crippen MR) is 63.2 cm³/mol. The van der Waals surface area contributed by atoms with E-state index in [1.54, 1.807) is 0 Å². The highest BCUT2D eigenvalue weighted by Crippen LogP contribution is 2.22. The van der Waals surface area contributed by atoms with Crippen molar-refractivity contribution < 1.29 is 9.84 Å². The van der Waals surface area contributed by atoms with Crippen LogP contribution in [0.5, 0.6) is 5.75 Å². The van der Waals surface area contributed by atoms with Crippen molar-refractivity contribution in [3.8, 4) is 5.75 Å². The van der Waals surface area contributed by atoms with E-state index in [0.717, 1.165) is 11.1 Å². The highest BCUT2D eigenvalue weighted by atomic mass is 16.6. The molecule has 0 heterocycles. The lowest BCUT2D eigenvalue weighted by Gasteiger charge is -2.15. The van der Waals surface area contributed by atoms with Crippen molar-refractivity contribution in [2.24, 2.45) is 0 Å². The van der Waals surface area contributed by atoms with Crippen LogP contribution < -0.4 is 4.74 Å². The molecule has 2 heteroatoms. The number of para-hydroxylation sites is 1. The minimum absolute atomic E-state index is 0.707. The molecule has 1 atom stereocenters. The van der Waals surface area contributed by atoms with Gasteiger partial charge in [0.05, 0.1) is 0 Å². The number of ether oxygens (including phenoxy) is 1. The van der Waals surface area contributed by atoms with Crippen LogP contribution >= 0.6 is 0 Å². The lowest BCUT2D eigenvalue weighted by Crippen LogP contribution is -2.06. The lowest BCUT2D eigenvalue weighted by molar-refractivity contribution is -0.0199. The topological polar surface area (TPSA) is 29.5 Å². The summed E-state index contributed by atoms with van der Waals surface area (Å²) in [5, 5.41) is 9.88. The smallest absolute Gasteiger partial charge is 0.224 e. The molecule has 2 rings (SSSR count). The average Bonchev–Trinajstić information content (AvgIpc) is 2.33. The third-order valence-electron chi connectivity index (χ3n) is 2.42. The zero-order chi connectivity index (χ0) is 11.4. The van der Waals surface area contributed by atoms with E-state index in [1.165, 1.54) is 0 Å². The fourth-order valence-corrected chi connectivity index (χ4v) is 1.49. The van der Waals surface area contributed by atoms with Gasteiger partial charge >= 0.3 is 0 Å². The first-order chi connectivity index (χ1) is 7.77. The van der Waals surface area contributed by atoms with Crippen LogP contribution in [0.4, 0.5) is 0 Å². The van der Waals surface area contributed by atoms with Gasteiger partial charge in [0, 0.05) is 5.56 Å². The Balaban J connectivity index is 2.14. The van der Waals surface area contributed by atoms with Gasteiger partial charge in [-0.3, -0.25) is 0 Å². The van der Waals surface area contributed by atoms with E-state index in [-0.39, 0.29) is 0 Å². The second kappa shape index (κ2) is 4.81. The molecule has 82 valence electrons. The normalized spacial score (nSPS) is 12.1. The number of hydrogen-bond acceptors (Lipinski definition) is 2. The molecule has 1 N–H and O–H groups in total. The third kappa shape index (κ3) is 2.41. The summed E-state index contributed by atoms with van der Waals surface area (Å²) in [7, 11) is 0. The van der Waals surface area contributed by atoms with Crippen molar-refractivity contribution in [1.29, 1.82) is 0 Å². The molecule has 0 bridgehead atoms. The van der Waals surface area contributed by atoms with E-state index >= 15 is 0 Å². The first kappa shape index (κ1) is 10.7. The minimum Gasteiger partial charge on any atom is -0.461 e. The van der Waals surface area contributed by atoms with Gasteiger partial charge in [-0.15, -0.1) is 0 Å². The summed E-state index contributed by atoms with van der Waals surface area (Å²) in [6.07, 6.45) is -0.915. The fourth-order valence-electron chi connectivity index (χ4n) is 1.49. The van der Waals surface area contributed by atoms with Gasteiger partial charge in [-0.2, -0.15) is 0 Å². The Hall–Kier alpha value is -1.80. The van der Waals surface area contributed by atoms with Crippen molar-refractivity contribution in [1.82, 2.24) is 0 Å². The van der Waals surface area contributed by atoms with Crippen LogP contribution in [0.25, 0.3) is 0 Å². The Kier molecular flexibility index (Phi) is 3.22. The molecule has 2 aromatic carbocycles. The molecule has 0 saturated heterocycles. The first-order valence-corrected chi connectivity index (χ1v) is 5.22. The molecule has 0 fully saturated rings. The van der Waals surface area contributed by atoms with Gasteiger partial charge < -0.3 is 9.84 Å². The van der Waals surface area contributed by atoms with Crippen LogP contribution in [-0.4, -0.2) is 5.11 Å². The maximum absolute atomic E-state index is 9.88. The van der Waals surface area contributed by atoms with Crippen molar-refractivity contribution in [2.45, 2.75) is 13.2 Å². The largest absolute Gasteiger partial charge is 0.461 e. The summed E-state index contributed by atoms with van der Waals surface area (Å²) in [6, 6.07) is 17.0. The molecule has 0 radical (unpaired) electrons. The van der Waals surface area contributed by atoms with E-state index < -0.39 is 6.29 Å². The minimum atomic E-state index is -0.915. The molecule has 0 aliphatic heterocycles. The van der Waals surface area contributed by atoms with Crippen LogP contribution in [0.1, 0.15) is 17.4 Å². The number of aliphatic hydroxyl groups excluding tert-OH is 1. The Morgan fingerprint density at radius 3 is 2.25 bits per heavy atom. The van der Waals surface area contributed by atoms with E-state index in [2.05, 4.69) is 0 Å². The highest BCUT2D eigenvalue weighted by Gasteiger charge is 2.09. The number of benzene rings is 2. The summed E-state index contributed by atoms with van der Waals surface area (Å²) in [4.78, 5) is 0. The summed E-state index contributed by atoms with van der Waals surface area (Å²) in [5.41, 5.74) is 1.77. The first-order valence-electron chi connectivity index (χ1n) is 5.22. The van der Waals surface area contributed by atoms with Crippen LogP contribution in [-0.2, 0) is 0 Å². The van der Waals surface area contributed by atoms with Gasteiger partial charge in [0.2, 0.25) is 6.29 Å². The van der Waals surface area contributed by atoms with Gasteiger partial charge in [0.1, 0.15) is 5.75 Å². The number of aryl methyl sites for hydroxylation is 1. The second-order valence-corrected chi connectivity index (χ2v) is 3.65. The Morgan fingerprint density at radius 1 is 0.938 bits per heavy atom. The highest BCUT2D eigenvalue weighted by molar-refractivity contribution is 5.32. The molecule has 0 aliphatic rings. The van der Waals surface area contributed by atoms with Gasteiger partial charge in [-0.25, -0.2) is 0 Å². The number of rotatable bonds is 3. The molecule has 0 spiro atoms. The molecule has 16 heavy (non-hydrogen) atoms. The van der Waals surface area contributed by atoms with Gasteiger partial charge in [0.25, 0.3) is 0 Å². The van der Waals surface area contributed by atoms with E-state index in [1.807, 2.05) is 61.5 Å². The summed E-state index contributed by atoms with van der Waals surface area (Å²) >= 11 is 0. The zero-order valence-electron chi connectivity index (χ0n) is 9.13. The SMILES string of the molecule is Cc1ccccc1OC(O)c1ccccc1. The van der Waals surface area contributed by atoms with Crippen molar-refractivity contribution in [3.63, 3.8) is 0 Å². The predicted octanol–water partition coefficient (Wildman–Crippen LogP) is 3.06. The monoisotopic (exact) mass is 214 g/mol. The molecule has 0 aromatic heterocycles. The molecular formula is C14H14O2. The van der Waals surface area contributed by atoms with Crippen LogP contribution in [0.15, 0.2) is 54.6 Å². The maximum atomic E-state index is 9.88. The van der Waals surface area contributed by atoms with Crippen LogP contribution in [0.3, 0.4) is 0 Å². The van der Waals surface area contributed by atoms with Crippen molar-refractivity contribution in [3.05, 3.63) is 65.7 Å². The fraction of sp³-hybridized carbons (Fsp3) is 0.143. The van der Waals surface area contributed by atoms with Gasteiger partial charge in [-0.05, 0) is 18.6 Å². The second-order valence-electron chi connectivity index (χ2n) is 3.65. The number of aliphatic hydroxyl groups is 1. The maximum Gasteiger partial charge on any atom is 0.224 e. The molecule has 2 aromatic rings. The quantitative estimate of drug-likeness (QED) is 0.796. The van der Waals surface area contributed by atoms with Gasteiger partial charge in [0.15, 0.2) is 0 Å².